The van der Waals surface area contributed by atoms with Crippen LogP contribution in [0.2, 0.25) is 0 Å². The van der Waals surface area contributed by atoms with Gasteiger partial charge < -0.3 is 20.7 Å². The van der Waals surface area contributed by atoms with Crippen molar-refractivity contribution in [2.45, 2.75) is 57.6 Å². The molecule has 1 aromatic carbocycles. The topological polar surface area (TPSA) is 96.5 Å². The van der Waals surface area contributed by atoms with Crippen LogP contribution in [-0.2, 0) is 14.3 Å². The molecule has 3 N–H and O–H groups in total. The molecule has 7 nitrogen and oxygen atoms in total. The van der Waals surface area contributed by atoms with Crippen molar-refractivity contribution < 1.29 is 19.1 Å². The third-order valence-corrected chi connectivity index (χ3v) is 4.53. The van der Waals surface area contributed by atoms with Crippen LogP contribution >= 0.6 is 11.8 Å². The molecule has 0 fully saturated rings. The normalized spacial score (nSPS) is 12.2. The molecule has 1 atom stereocenters. The first kappa shape index (κ1) is 23.8. The summed E-state index contributed by atoms with van der Waals surface area (Å²) in [5.41, 5.74) is -0.180. The van der Waals surface area contributed by atoms with Crippen molar-refractivity contribution in [3.8, 4) is 0 Å². The van der Waals surface area contributed by atoms with E-state index in [2.05, 4.69) is 16.0 Å². The highest BCUT2D eigenvalue weighted by Gasteiger charge is 2.26. The fraction of sp³-hybridized carbons (Fsp3) is 0.550. The Bertz CT molecular complexity index is 675. The minimum absolute atomic E-state index is 0.152. The smallest absolute Gasteiger partial charge is 0.319 e. The molecule has 0 aliphatic carbocycles. The molecule has 0 saturated heterocycles. The van der Waals surface area contributed by atoms with Crippen LogP contribution in [0.25, 0.3) is 0 Å². The van der Waals surface area contributed by atoms with E-state index < -0.39 is 23.6 Å². The Morgan fingerprint density at radius 2 is 1.75 bits per heavy atom. The standard InChI is InChI=1S/C20H31N3O4S/c1-13(2)11-17(18(25)21-12-20(4,5)27-14(3)24)23-19(26)22-15-7-9-16(28-6)10-8-15/h7-10,13,17H,11-12H2,1-6H3,(H,21,25)(H2,22,23,26). The molecule has 0 saturated carbocycles. The van der Waals surface area contributed by atoms with Gasteiger partial charge in [-0.2, -0.15) is 0 Å². The number of anilines is 1. The number of carbonyl (C=O) groups excluding carboxylic acids is 3. The second-order valence-electron chi connectivity index (χ2n) is 7.58. The number of carbonyl (C=O) groups is 3. The van der Waals surface area contributed by atoms with Gasteiger partial charge in [-0.3, -0.25) is 9.59 Å². The molecule has 0 aliphatic heterocycles. The van der Waals surface area contributed by atoms with Gasteiger partial charge in [0.1, 0.15) is 11.6 Å². The Morgan fingerprint density at radius 3 is 2.25 bits per heavy atom. The van der Waals surface area contributed by atoms with E-state index in [-0.39, 0.29) is 18.4 Å². The number of urea groups is 1. The Kier molecular flexibility index (Phi) is 9.31. The third-order valence-electron chi connectivity index (χ3n) is 3.79. The minimum Gasteiger partial charge on any atom is -0.458 e. The highest BCUT2D eigenvalue weighted by atomic mass is 32.2. The van der Waals surface area contributed by atoms with E-state index in [1.54, 1.807) is 25.6 Å². The van der Waals surface area contributed by atoms with Gasteiger partial charge in [-0.05, 0) is 56.7 Å². The molecule has 0 aliphatic rings. The maximum atomic E-state index is 12.6. The van der Waals surface area contributed by atoms with Crippen molar-refractivity contribution in [2.75, 3.05) is 18.1 Å². The lowest BCUT2D eigenvalue weighted by molar-refractivity contribution is -0.154. The first-order chi connectivity index (χ1) is 13.0. The van der Waals surface area contributed by atoms with Crippen LogP contribution in [0.1, 0.15) is 41.0 Å². The van der Waals surface area contributed by atoms with Gasteiger partial charge in [-0.25, -0.2) is 4.79 Å². The van der Waals surface area contributed by atoms with Gasteiger partial charge >= 0.3 is 12.0 Å². The molecule has 3 amide bonds. The summed E-state index contributed by atoms with van der Waals surface area (Å²) < 4.78 is 5.17. The average molecular weight is 410 g/mol. The van der Waals surface area contributed by atoms with Gasteiger partial charge in [0.25, 0.3) is 0 Å². The van der Waals surface area contributed by atoms with Gasteiger partial charge in [0.15, 0.2) is 0 Å². The molecule has 156 valence electrons. The van der Waals surface area contributed by atoms with Crippen molar-refractivity contribution in [3.63, 3.8) is 0 Å². The minimum atomic E-state index is -0.828. The Labute approximate surface area is 171 Å². The molecule has 1 unspecified atom stereocenters. The molecule has 1 rings (SSSR count). The summed E-state index contributed by atoms with van der Waals surface area (Å²) in [6.45, 7) is 8.85. The van der Waals surface area contributed by atoms with Gasteiger partial charge in [0, 0.05) is 17.5 Å². The van der Waals surface area contributed by atoms with Crippen molar-refractivity contribution in [2.24, 2.45) is 5.92 Å². The highest BCUT2D eigenvalue weighted by molar-refractivity contribution is 7.98. The SMILES string of the molecule is CSc1ccc(NC(=O)NC(CC(C)C)C(=O)NCC(C)(C)OC(C)=O)cc1. The van der Waals surface area contributed by atoms with E-state index in [4.69, 9.17) is 4.74 Å². The van der Waals surface area contributed by atoms with Crippen molar-refractivity contribution in [1.29, 1.82) is 0 Å². The number of nitrogens with one attached hydrogen (secondary N) is 3. The lowest BCUT2D eigenvalue weighted by Gasteiger charge is -2.27. The monoisotopic (exact) mass is 409 g/mol. The van der Waals surface area contributed by atoms with E-state index >= 15 is 0 Å². The maximum Gasteiger partial charge on any atom is 0.319 e. The quantitative estimate of drug-likeness (QED) is 0.429. The van der Waals surface area contributed by atoms with Crippen LogP contribution in [0, 0.1) is 5.92 Å². The van der Waals surface area contributed by atoms with Crippen molar-refractivity contribution >= 4 is 35.4 Å². The van der Waals surface area contributed by atoms with Crippen LogP contribution in [0.15, 0.2) is 29.2 Å². The van der Waals surface area contributed by atoms with Crippen LogP contribution in [0.3, 0.4) is 0 Å². The number of ether oxygens (including phenoxy) is 1. The highest BCUT2D eigenvalue weighted by Crippen LogP contribution is 2.17. The van der Waals surface area contributed by atoms with E-state index in [1.165, 1.54) is 6.92 Å². The lowest BCUT2D eigenvalue weighted by Crippen LogP contribution is -2.51. The zero-order chi connectivity index (χ0) is 21.3. The summed E-state index contributed by atoms with van der Waals surface area (Å²) >= 11 is 1.62. The van der Waals surface area contributed by atoms with Gasteiger partial charge in [0.05, 0.1) is 6.54 Å². The number of hydrogen-bond acceptors (Lipinski definition) is 5. The fourth-order valence-corrected chi connectivity index (χ4v) is 2.96. The molecule has 1 aromatic rings. The second-order valence-corrected chi connectivity index (χ2v) is 8.46. The summed E-state index contributed by atoms with van der Waals surface area (Å²) in [5.74, 6) is -0.525. The third kappa shape index (κ3) is 9.12. The van der Waals surface area contributed by atoms with Crippen LogP contribution in [0.4, 0.5) is 10.5 Å². The molecule has 0 bridgehead atoms. The van der Waals surface area contributed by atoms with E-state index in [1.807, 2.05) is 44.4 Å². The summed E-state index contributed by atoms with van der Waals surface area (Å²) in [7, 11) is 0. The zero-order valence-corrected chi connectivity index (χ0v) is 18.2. The molecule has 8 heteroatoms. The largest absolute Gasteiger partial charge is 0.458 e. The zero-order valence-electron chi connectivity index (χ0n) is 17.4. The average Bonchev–Trinajstić information content (AvgIpc) is 2.58. The van der Waals surface area contributed by atoms with E-state index in [0.29, 0.717) is 12.1 Å². The summed E-state index contributed by atoms with van der Waals surface area (Å²) in [6.07, 6.45) is 2.46. The van der Waals surface area contributed by atoms with Crippen LogP contribution < -0.4 is 16.0 Å². The van der Waals surface area contributed by atoms with Crippen molar-refractivity contribution in [3.05, 3.63) is 24.3 Å². The van der Waals surface area contributed by atoms with Gasteiger partial charge in [-0.1, -0.05) is 13.8 Å². The Balaban J connectivity index is 2.68. The summed E-state index contributed by atoms with van der Waals surface area (Å²) in [5, 5.41) is 8.23. The van der Waals surface area contributed by atoms with Gasteiger partial charge in [0.2, 0.25) is 5.91 Å². The first-order valence-electron chi connectivity index (χ1n) is 9.21. The predicted octanol–water partition coefficient (Wildman–Crippen LogP) is 3.40. The molecule has 0 heterocycles. The maximum absolute atomic E-state index is 12.6. The van der Waals surface area contributed by atoms with Crippen LogP contribution in [0.5, 0.6) is 0 Å². The number of amides is 3. The molecule has 0 radical (unpaired) electrons. The lowest BCUT2D eigenvalue weighted by atomic mass is 10.0. The second kappa shape index (κ2) is 10.9. The number of esters is 1. The summed E-state index contributed by atoms with van der Waals surface area (Å²) in [6, 6.07) is 6.30. The number of thioether (sulfide) groups is 1. The summed E-state index contributed by atoms with van der Waals surface area (Å²) in [4.78, 5) is 37.2. The molecule has 28 heavy (non-hydrogen) atoms. The molecular formula is C20H31N3O4S. The van der Waals surface area contributed by atoms with Crippen LogP contribution in [-0.4, -0.2) is 42.4 Å². The Morgan fingerprint density at radius 1 is 1.14 bits per heavy atom. The fourth-order valence-electron chi connectivity index (χ4n) is 2.55. The molecular weight excluding hydrogens is 378 g/mol. The molecule has 0 aromatic heterocycles. The predicted molar refractivity (Wildman–Crippen MR) is 112 cm³/mol. The number of hydrogen-bond donors (Lipinski definition) is 3. The van der Waals surface area contributed by atoms with E-state index in [9.17, 15) is 14.4 Å². The molecule has 0 spiro atoms. The number of benzene rings is 1. The van der Waals surface area contributed by atoms with E-state index in [0.717, 1.165) is 4.90 Å². The number of rotatable bonds is 9. The van der Waals surface area contributed by atoms with Crippen molar-refractivity contribution in [1.82, 2.24) is 10.6 Å². The Hall–Kier alpha value is -2.22. The van der Waals surface area contributed by atoms with Gasteiger partial charge in [-0.15, -0.1) is 11.8 Å². The first-order valence-corrected chi connectivity index (χ1v) is 10.4.